The smallest absolute Gasteiger partial charge is 0.377 e. The Labute approximate surface area is 226 Å². The van der Waals surface area contributed by atoms with Crippen molar-refractivity contribution in [1.82, 2.24) is 0 Å². The van der Waals surface area contributed by atoms with Crippen LogP contribution >= 0.6 is 20.2 Å². The zero-order chi connectivity index (χ0) is 26.5. The van der Waals surface area contributed by atoms with E-state index in [9.17, 15) is 14.5 Å². The second-order valence-electron chi connectivity index (χ2n) is 10.4. The van der Waals surface area contributed by atoms with Gasteiger partial charge in [0.2, 0.25) is 8.46 Å². The maximum atomic E-state index is 11.2. The molecule has 1 saturated carbocycles. The minimum absolute atomic E-state index is 0.0933. The van der Waals surface area contributed by atoms with Gasteiger partial charge in [-0.15, -0.1) is 0 Å². The lowest BCUT2D eigenvalue weighted by Crippen LogP contribution is -2.39. The maximum Gasteiger partial charge on any atom is 0.377 e. The lowest BCUT2D eigenvalue weighted by molar-refractivity contribution is -0.195. The summed E-state index contributed by atoms with van der Waals surface area (Å²) in [4.78, 5) is 11.2. The van der Waals surface area contributed by atoms with Gasteiger partial charge >= 0.3 is 11.5 Å². The minimum atomic E-state index is -2.71. The van der Waals surface area contributed by atoms with Gasteiger partial charge in [0.15, 0.2) is 0 Å². The van der Waals surface area contributed by atoms with E-state index in [2.05, 4.69) is 13.8 Å². The number of ether oxygens (including phenoxy) is 2. The van der Waals surface area contributed by atoms with Crippen molar-refractivity contribution in [2.45, 2.75) is 135 Å². The van der Waals surface area contributed by atoms with Gasteiger partial charge in [-0.25, -0.2) is 4.79 Å². The van der Waals surface area contributed by atoms with E-state index in [1.54, 1.807) is 0 Å². The van der Waals surface area contributed by atoms with E-state index in [0.29, 0.717) is 12.4 Å². The highest BCUT2D eigenvalue weighted by molar-refractivity contribution is 7.99. The van der Waals surface area contributed by atoms with Gasteiger partial charge in [-0.2, -0.15) is 11.8 Å². The first-order valence-corrected chi connectivity index (χ1v) is 16.6. The largest absolute Gasteiger partial charge is 0.477 e. The molecule has 1 rings (SSSR count). The molecule has 3 atom stereocenters. The molecule has 0 aliphatic heterocycles. The minimum Gasteiger partial charge on any atom is -0.477 e. The van der Waals surface area contributed by atoms with Crippen LogP contribution in [0.4, 0.5) is 0 Å². The third-order valence-electron chi connectivity index (χ3n) is 7.41. The molecule has 0 radical (unpaired) electrons. The first-order valence-electron chi connectivity index (χ1n) is 14.6. The van der Waals surface area contributed by atoms with Crippen LogP contribution in [0, 0.1) is 11.8 Å². The molecule has 1 aliphatic carbocycles. The first-order chi connectivity index (χ1) is 17.5. The topological polar surface area (TPSA) is 93.1 Å². The average Bonchev–Trinajstić information content (AvgIpc) is 2.89. The Hall–Kier alpha value is -0.200. The predicted octanol–water partition coefficient (Wildman–Crippen LogP) is 8.06. The summed E-state index contributed by atoms with van der Waals surface area (Å²) >= 11 is 1.82. The second kappa shape index (κ2) is 21.7. The molecule has 0 heterocycles. The summed E-state index contributed by atoms with van der Waals surface area (Å²) in [6.45, 7) is 4.99. The van der Waals surface area contributed by atoms with E-state index >= 15 is 0 Å². The number of unbranched alkanes of at least 4 members (excludes halogenated alkanes) is 8. The molecule has 3 unspecified atom stereocenters. The number of hydrogen-bond donors (Lipinski definition) is 2. The molecule has 36 heavy (non-hydrogen) atoms. The molecule has 8 heteroatoms. The summed E-state index contributed by atoms with van der Waals surface area (Å²) < 4.78 is 22.4. The Bertz CT molecular complexity index is 560. The number of thioether (sulfide) groups is 1. The van der Waals surface area contributed by atoms with E-state index in [1.807, 2.05) is 11.8 Å². The molecule has 0 spiro atoms. The molecule has 0 saturated heterocycles. The highest BCUT2D eigenvalue weighted by Crippen LogP contribution is 2.35. The number of carboxylic acids is 1. The van der Waals surface area contributed by atoms with Crippen LogP contribution in [0.3, 0.4) is 0 Å². The van der Waals surface area contributed by atoms with Gasteiger partial charge in [-0.05, 0) is 30.4 Å². The third kappa shape index (κ3) is 15.3. The Morgan fingerprint density at radius 1 is 0.972 bits per heavy atom. The number of rotatable bonds is 24. The fourth-order valence-corrected chi connectivity index (χ4v) is 6.40. The number of aliphatic hydroxyl groups is 1. The van der Waals surface area contributed by atoms with Crippen molar-refractivity contribution >= 4 is 26.2 Å². The molecule has 1 aliphatic rings. The fourth-order valence-electron chi connectivity index (χ4n) is 5.10. The molecule has 0 aromatic rings. The summed E-state index contributed by atoms with van der Waals surface area (Å²) in [5, 5.41) is 19.1. The molecule has 1 fully saturated rings. The van der Waals surface area contributed by atoms with E-state index in [-0.39, 0.29) is 12.7 Å². The summed E-state index contributed by atoms with van der Waals surface area (Å²) in [7, 11) is -0.976. The molecule has 0 aromatic heterocycles. The van der Waals surface area contributed by atoms with Gasteiger partial charge in [0.25, 0.3) is 0 Å². The van der Waals surface area contributed by atoms with Crippen LogP contribution in [0.2, 0.25) is 0 Å². The quantitative estimate of drug-likeness (QED) is 0.0716. The van der Waals surface area contributed by atoms with Gasteiger partial charge in [-0.3, -0.25) is 4.57 Å². The van der Waals surface area contributed by atoms with Gasteiger partial charge in [0.1, 0.15) is 0 Å². The summed E-state index contributed by atoms with van der Waals surface area (Å²) in [5.41, 5.74) is -2.71. The molecular weight excluding hydrogens is 495 g/mol. The van der Waals surface area contributed by atoms with Gasteiger partial charge in [0.05, 0.1) is 12.7 Å². The fraction of sp³-hybridized carbons (Fsp3) is 0.964. The number of carbonyl (C=O) groups is 1. The molecule has 0 amide bonds. The zero-order valence-electron chi connectivity index (χ0n) is 23.0. The molecule has 212 valence electrons. The van der Waals surface area contributed by atoms with Crippen molar-refractivity contribution in [3.05, 3.63) is 0 Å². The van der Waals surface area contributed by atoms with Crippen LogP contribution in [-0.4, -0.2) is 52.5 Å². The SMILES string of the molecule is CCCCCCCCCCOC(COC(O)(P=O)C(=O)O)CSCCC(CCCC)C1CCCCC1. The van der Waals surface area contributed by atoms with Gasteiger partial charge in [0, 0.05) is 12.4 Å². The Balaban J connectivity index is 2.45. The van der Waals surface area contributed by atoms with Crippen LogP contribution in [-0.2, 0) is 18.8 Å². The molecule has 6 nitrogen and oxygen atoms in total. The van der Waals surface area contributed by atoms with Crippen molar-refractivity contribution in [2.75, 3.05) is 24.7 Å². The maximum absolute atomic E-state index is 11.2. The average molecular weight is 549 g/mol. The first kappa shape index (κ1) is 33.8. The normalized spacial score (nSPS) is 18.2. The highest BCUT2D eigenvalue weighted by atomic mass is 32.2. The molecule has 2 N–H and O–H groups in total. The monoisotopic (exact) mass is 548 g/mol. The van der Waals surface area contributed by atoms with E-state index in [4.69, 9.17) is 14.6 Å². The Kier molecular flexibility index (Phi) is 20.4. The van der Waals surface area contributed by atoms with E-state index in [0.717, 1.165) is 30.4 Å². The summed E-state index contributed by atoms with van der Waals surface area (Å²) in [5.74, 6) is 1.73. The lowest BCUT2D eigenvalue weighted by Gasteiger charge is -2.30. The van der Waals surface area contributed by atoms with Crippen LogP contribution in [0.25, 0.3) is 0 Å². The van der Waals surface area contributed by atoms with Gasteiger partial charge < -0.3 is 19.7 Å². The zero-order valence-corrected chi connectivity index (χ0v) is 24.7. The number of hydrogen-bond acceptors (Lipinski definition) is 6. The van der Waals surface area contributed by atoms with E-state index < -0.39 is 20.0 Å². The van der Waals surface area contributed by atoms with E-state index in [1.165, 1.54) is 96.3 Å². The summed E-state index contributed by atoms with van der Waals surface area (Å²) in [6, 6.07) is 0. The third-order valence-corrected chi connectivity index (χ3v) is 9.11. The number of carboxylic acid groups (broad SMARTS) is 1. The molecule has 0 bridgehead atoms. The van der Waals surface area contributed by atoms with Crippen molar-refractivity contribution in [1.29, 1.82) is 0 Å². The van der Waals surface area contributed by atoms with Crippen molar-refractivity contribution in [2.24, 2.45) is 11.8 Å². The standard InChI is InChI=1S/C28H53O6PS/c1-3-5-7-8-9-10-11-15-20-33-26(22-34-28(31,35-32)27(29)30)23-36-21-19-25(16-6-4-2)24-17-13-12-14-18-24/h24-26,31H,3-23H2,1-2H3,(H,29,30). The van der Waals surface area contributed by atoms with Crippen molar-refractivity contribution < 1.29 is 29.0 Å². The van der Waals surface area contributed by atoms with Crippen molar-refractivity contribution in [3.8, 4) is 0 Å². The van der Waals surface area contributed by atoms with Crippen LogP contribution < -0.4 is 0 Å². The van der Waals surface area contributed by atoms with Crippen LogP contribution in [0.15, 0.2) is 0 Å². The van der Waals surface area contributed by atoms with Crippen LogP contribution in [0.5, 0.6) is 0 Å². The highest BCUT2D eigenvalue weighted by Gasteiger charge is 2.39. The predicted molar refractivity (Wildman–Crippen MR) is 150 cm³/mol. The molecule has 0 aromatic carbocycles. The molecular formula is C28H53O6PS. The van der Waals surface area contributed by atoms with Crippen LogP contribution in [0.1, 0.15) is 123 Å². The van der Waals surface area contributed by atoms with Gasteiger partial charge in [-0.1, -0.05) is 110 Å². The Morgan fingerprint density at radius 2 is 1.61 bits per heavy atom. The Morgan fingerprint density at radius 3 is 2.22 bits per heavy atom. The summed E-state index contributed by atoms with van der Waals surface area (Å²) in [6.07, 6.45) is 21.3. The lowest BCUT2D eigenvalue weighted by atomic mass is 9.77. The second-order valence-corrected chi connectivity index (χ2v) is 12.4. The number of aliphatic carboxylic acids is 1. The van der Waals surface area contributed by atoms with Crippen molar-refractivity contribution in [3.63, 3.8) is 0 Å².